The van der Waals surface area contributed by atoms with Crippen molar-refractivity contribution in [2.75, 3.05) is 0 Å². The average molecular weight is 268 g/mol. The minimum atomic E-state index is -0.784. The van der Waals surface area contributed by atoms with Crippen molar-refractivity contribution in [3.05, 3.63) is 53.5 Å². The fourth-order valence-electron chi connectivity index (χ4n) is 2.66. The molecule has 2 aliphatic heterocycles. The first-order chi connectivity index (χ1) is 9.45. The lowest BCUT2D eigenvalue weighted by Crippen LogP contribution is -2.28. The van der Waals surface area contributed by atoms with Crippen LogP contribution >= 0.6 is 0 Å². The molecule has 0 saturated heterocycles. The van der Waals surface area contributed by atoms with Gasteiger partial charge in [0.2, 0.25) is 0 Å². The monoisotopic (exact) mass is 268 g/mol. The van der Waals surface area contributed by atoms with E-state index in [0.29, 0.717) is 0 Å². The summed E-state index contributed by atoms with van der Waals surface area (Å²) in [5.74, 6) is 1.03. The summed E-state index contributed by atoms with van der Waals surface area (Å²) in [6, 6.07) is 8.20. The smallest absolute Gasteiger partial charge is 0.259 e. The van der Waals surface area contributed by atoms with E-state index in [1.165, 1.54) is 16.8 Å². The zero-order chi connectivity index (χ0) is 14.3. The third-order valence-electron chi connectivity index (χ3n) is 3.96. The number of fused-ring (bicyclic) bond motifs is 1. The summed E-state index contributed by atoms with van der Waals surface area (Å²) in [6.45, 7) is 5.65. The number of rotatable bonds is 2. The highest BCUT2D eigenvalue weighted by atomic mass is 16.3. The maximum Gasteiger partial charge on any atom is 0.259 e. The van der Waals surface area contributed by atoms with Crippen molar-refractivity contribution >= 4 is 11.4 Å². The van der Waals surface area contributed by atoms with Gasteiger partial charge in [-0.05, 0) is 31.4 Å². The van der Waals surface area contributed by atoms with Crippen molar-refractivity contribution in [1.82, 2.24) is 4.90 Å². The molecule has 1 N–H and O–H groups in total. The van der Waals surface area contributed by atoms with Crippen LogP contribution in [0.2, 0.25) is 0 Å². The SMILES string of the molecule is CC1=NC=C2CCC(c3ccc(C(C)(C)O)cc3)=C[N+]21. The zero-order valence-corrected chi connectivity index (χ0v) is 12.2. The van der Waals surface area contributed by atoms with Crippen LogP contribution in [0, 0.1) is 0 Å². The zero-order valence-electron chi connectivity index (χ0n) is 12.2. The van der Waals surface area contributed by atoms with Crippen LogP contribution in [0.5, 0.6) is 0 Å². The van der Waals surface area contributed by atoms with Gasteiger partial charge in [-0.3, -0.25) is 0 Å². The predicted molar refractivity (Wildman–Crippen MR) is 82.2 cm³/mol. The fraction of sp³-hybridized carbons (Fsp3) is 0.353. The third-order valence-corrected chi connectivity index (χ3v) is 3.96. The van der Waals surface area contributed by atoms with E-state index in [0.717, 1.165) is 24.2 Å². The molecule has 0 fully saturated rings. The summed E-state index contributed by atoms with van der Waals surface area (Å²) < 4.78 is 0. The van der Waals surface area contributed by atoms with Gasteiger partial charge in [-0.2, -0.15) is 4.99 Å². The molecule has 0 atom stereocenters. The molecule has 0 aliphatic carbocycles. The average Bonchev–Trinajstić information content (AvgIpc) is 2.79. The van der Waals surface area contributed by atoms with Crippen molar-refractivity contribution in [3.8, 4) is 0 Å². The predicted octanol–water partition coefficient (Wildman–Crippen LogP) is 3.46. The lowest BCUT2D eigenvalue weighted by molar-refractivity contribution is 0.0786. The number of aliphatic imine (C=N–C) groups is 1. The molecule has 20 heavy (non-hydrogen) atoms. The number of hydrogen-bond acceptors (Lipinski definition) is 3. The van der Waals surface area contributed by atoms with E-state index in [-0.39, 0.29) is 0 Å². The van der Waals surface area contributed by atoms with E-state index in [9.17, 15) is 5.11 Å². The third kappa shape index (κ3) is 2.35. The molecule has 0 amide bonds. The minimum Gasteiger partial charge on any atom is -0.386 e. The number of allylic oxidation sites excluding steroid dienone is 2. The molecule has 1 aromatic carbocycles. The molecule has 3 rings (SSSR count). The number of benzene rings is 1. The molecular formula is C17H20N2O+. The number of amidine groups is 1. The Morgan fingerprint density at radius 1 is 1.15 bits per heavy atom. The first-order valence-electron chi connectivity index (χ1n) is 7.02. The van der Waals surface area contributed by atoms with Gasteiger partial charge in [0.15, 0.2) is 11.9 Å². The van der Waals surface area contributed by atoms with Crippen LogP contribution in [0.3, 0.4) is 0 Å². The Morgan fingerprint density at radius 2 is 1.85 bits per heavy atom. The van der Waals surface area contributed by atoms with Crippen molar-refractivity contribution < 1.29 is 5.11 Å². The van der Waals surface area contributed by atoms with Crippen molar-refractivity contribution in [3.63, 3.8) is 0 Å². The van der Waals surface area contributed by atoms with Gasteiger partial charge in [0.05, 0.1) is 11.8 Å². The van der Waals surface area contributed by atoms with Gasteiger partial charge in [0.25, 0.3) is 5.84 Å². The highest BCUT2D eigenvalue weighted by Gasteiger charge is 2.33. The Bertz CT molecular complexity index is 615. The first-order valence-corrected chi connectivity index (χ1v) is 7.02. The van der Waals surface area contributed by atoms with Gasteiger partial charge in [-0.25, -0.2) is 0 Å². The number of hydrogen-bond donors (Lipinski definition) is 1. The topological polar surface area (TPSA) is 38.5 Å². The highest BCUT2D eigenvalue weighted by molar-refractivity contribution is 5.90. The molecule has 0 unspecified atom stereocenters. The van der Waals surface area contributed by atoms with Crippen LogP contribution in [0.15, 0.2) is 47.4 Å². The number of aliphatic hydroxyl groups is 1. The molecule has 3 heteroatoms. The van der Waals surface area contributed by atoms with E-state index >= 15 is 0 Å². The molecular weight excluding hydrogens is 248 g/mol. The minimum absolute atomic E-state index is 0.784. The van der Waals surface area contributed by atoms with Gasteiger partial charge in [-0.15, -0.1) is 0 Å². The molecule has 0 aromatic heterocycles. The second kappa shape index (κ2) is 4.69. The van der Waals surface area contributed by atoms with Crippen LogP contribution in [0.25, 0.3) is 5.57 Å². The van der Waals surface area contributed by atoms with Crippen molar-refractivity contribution in [2.45, 2.75) is 39.2 Å². The first kappa shape index (κ1) is 13.3. The van der Waals surface area contributed by atoms with Gasteiger partial charge in [-0.1, -0.05) is 29.2 Å². The molecule has 2 aliphatic rings. The molecule has 1 aromatic rings. The van der Waals surface area contributed by atoms with E-state index in [1.807, 2.05) is 39.1 Å². The molecule has 3 nitrogen and oxygen atoms in total. The lowest BCUT2D eigenvalue weighted by atomic mass is 9.93. The standard InChI is InChI=1S/C17H20N2O/c1-12-18-10-16-9-6-14(11-19(12)16)13-4-7-15(8-5-13)17(2,3)20/h4-5,7-8,10-11,20H,6,9H2,1-3H3/q+1. The Hall–Kier alpha value is -1.71. The molecule has 0 spiro atoms. The Labute approximate surface area is 120 Å². The molecule has 0 bridgehead atoms. The van der Waals surface area contributed by atoms with Crippen LogP contribution < -0.4 is 4.90 Å². The normalized spacial score (nSPS) is 19.3. The fourth-order valence-corrected chi connectivity index (χ4v) is 2.66. The summed E-state index contributed by atoms with van der Waals surface area (Å²) in [7, 11) is 0. The summed E-state index contributed by atoms with van der Waals surface area (Å²) in [4.78, 5) is 6.53. The summed E-state index contributed by atoms with van der Waals surface area (Å²) >= 11 is 0. The van der Waals surface area contributed by atoms with Gasteiger partial charge in [0, 0.05) is 18.9 Å². The largest absolute Gasteiger partial charge is 0.386 e. The molecule has 2 heterocycles. The second-order valence-electron chi connectivity index (χ2n) is 5.96. The van der Waals surface area contributed by atoms with Gasteiger partial charge in [0.1, 0.15) is 0 Å². The second-order valence-corrected chi connectivity index (χ2v) is 5.96. The maximum absolute atomic E-state index is 10.0. The van der Waals surface area contributed by atoms with E-state index in [4.69, 9.17) is 0 Å². The number of nitrogens with zero attached hydrogens (tertiary/aromatic N) is 2. The van der Waals surface area contributed by atoms with E-state index < -0.39 is 5.60 Å². The molecule has 1 radical (unpaired) electrons. The Morgan fingerprint density at radius 3 is 2.50 bits per heavy atom. The van der Waals surface area contributed by atoms with Gasteiger partial charge < -0.3 is 5.11 Å². The van der Waals surface area contributed by atoms with Gasteiger partial charge >= 0.3 is 0 Å². The Kier molecular flexibility index (Phi) is 3.11. The van der Waals surface area contributed by atoms with Crippen LogP contribution in [-0.2, 0) is 5.60 Å². The van der Waals surface area contributed by atoms with Crippen molar-refractivity contribution in [1.29, 1.82) is 0 Å². The molecule has 0 saturated carbocycles. The van der Waals surface area contributed by atoms with E-state index in [1.54, 1.807) is 0 Å². The summed E-state index contributed by atoms with van der Waals surface area (Å²) in [5.41, 5.74) is 3.97. The lowest BCUT2D eigenvalue weighted by Gasteiger charge is -2.19. The Balaban J connectivity index is 1.89. The van der Waals surface area contributed by atoms with Crippen LogP contribution in [0.1, 0.15) is 44.7 Å². The maximum atomic E-state index is 10.0. The quantitative estimate of drug-likeness (QED) is 0.820. The molecule has 103 valence electrons. The van der Waals surface area contributed by atoms with E-state index in [2.05, 4.69) is 28.2 Å². The highest BCUT2D eigenvalue weighted by Crippen LogP contribution is 2.32. The summed E-state index contributed by atoms with van der Waals surface area (Å²) in [5, 5.41) is 10.0. The van der Waals surface area contributed by atoms with Crippen LogP contribution in [0.4, 0.5) is 0 Å². The van der Waals surface area contributed by atoms with Crippen LogP contribution in [-0.4, -0.2) is 10.9 Å². The van der Waals surface area contributed by atoms with Crippen molar-refractivity contribution in [2.24, 2.45) is 4.99 Å². The summed E-state index contributed by atoms with van der Waals surface area (Å²) in [6.07, 6.45) is 6.20.